The molecule has 9 atom stereocenters. The minimum atomic E-state index is -1.18. The largest absolute Gasteiger partial charge is 0.481 e. The van der Waals surface area contributed by atoms with Crippen LogP contribution in [0.25, 0.3) is 0 Å². The molecule has 10 nitrogen and oxygen atoms in total. The van der Waals surface area contributed by atoms with Crippen molar-refractivity contribution in [3.05, 3.63) is 41.2 Å². The molecule has 0 unspecified atom stereocenters. The molecule has 1 heterocycles. The number of aromatic nitrogens is 1. The van der Waals surface area contributed by atoms with Gasteiger partial charge in [-0.05, 0) is 123 Å². The number of Topliss-reactive ketones (excluding diaryl/α,β-unsaturated/α-hetero) is 1. The molecule has 0 bridgehead atoms. The number of fused-ring (bicyclic) bond motifs is 7. The van der Waals surface area contributed by atoms with Crippen molar-refractivity contribution in [3.63, 3.8) is 0 Å². The molecule has 304 valence electrons. The highest BCUT2D eigenvalue weighted by atomic mass is 16.5. The number of nitrogens with zero attached hydrogens (tertiary/aromatic N) is 2. The molecule has 4 fully saturated rings. The molecule has 0 radical (unpaired) electrons. The van der Waals surface area contributed by atoms with Gasteiger partial charge in [-0.25, -0.2) is 0 Å². The van der Waals surface area contributed by atoms with Gasteiger partial charge in [-0.1, -0.05) is 60.1 Å². The Morgan fingerprint density at radius 2 is 1.69 bits per heavy atom. The fraction of sp³-hybridized carbons (Fsp3) is 0.756. The highest BCUT2D eigenvalue weighted by molar-refractivity contribution is 6.00. The smallest absolute Gasteiger partial charge is 0.309 e. The maximum absolute atomic E-state index is 14.2. The Labute approximate surface area is 328 Å². The first-order valence-electron chi connectivity index (χ1n) is 20.8. The third kappa shape index (κ3) is 6.79. The molecule has 1 aromatic heterocycles. The Morgan fingerprint density at radius 3 is 2.31 bits per heavy atom. The summed E-state index contributed by atoms with van der Waals surface area (Å²) in [7, 11) is 0. The number of aliphatic carboxylic acids is 1. The molecule has 6 rings (SSSR count). The highest BCUT2D eigenvalue weighted by Gasteiger charge is 2.71. The summed E-state index contributed by atoms with van der Waals surface area (Å²) in [6.07, 6.45) is 8.07. The van der Waals surface area contributed by atoms with Gasteiger partial charge in [-0.3, -0.25) is 29.1 Å². The number of hydrogen-bond acceptors (Lipinski definition) is 8. The monoisotopic (exact) mass is 761 g/mol. The zero-order valence-electron chi connectivity index (χ0n) is 34.9. The zero-order chi connectivity index (χ0) is 40.5. The van der Waals surface area contributed by atoms with Gasteiger partial charge >= 0.3 is 11.9 Å². The van der Waals surface area contributed by atoms with Gasteiger partial charge in [0, 0.05) is 36.5 Å². The molecule has 5 aliphatic rings. The fourth-order valence-electron chi connectivity index (χ4n) is 13.5. The average Bonchev–Trinajstić information content (AvgIpc) is 3.39. The van der Waals surface area contributed by atoms with Crippen molar-refractivity contribution in [2.75, 3.05) is 13.1 Å². The van der Waals surface area contributed by atoms with E-state index in [1.807, 2.05) is 23.1 Å². The number of amides is 1. The third-order valence-electron chi connectivity index (χ3n) is 16.4. The number of rotatable bonds is 12. The van der Waals surface area contributed by atoms with Crippen LogP contribution in [0.2, 0.25) is 0 Å². The minimum Gasteiger partial charge on any atom is -0.481 e. The van der Waals surface area contributed by atoms with Gasteiger partial charge in [0.25, 0.3) is 0 Å². The number of nitrogens with two attached hydrogens (primary N) is 1. The lowest BCUT2D eigenvalue weighted by Crippen LogP contribution is -2.66. The molecule has 1 amide bonds. The van der Waals surface area contributed by atoms with Crippen LogP contribution in [0.4, 0.5) is 0 Å². The van der Waals surface area contributed by atoms with E-state index in [0.29, 0.717) is 31.2 Å². The van der Waals surface area contributed by atoms with Crippen LogP contribution in [0, 0.1) is 56.2 Å². The second-order valence-corrected chi connectivity index (χ2v) is 20.5. The number of ketones is 1. The first kappa shape index (κ1) is 41.5. The Morgan fingerprint density at radius 1 is 0.982 bits per heavy atom. The van der Waals surface area contributed by atoms with Gasteiger partial charge in [-0.15, -0.1) is 0 Å². The van der Waals surface area contributed by atoms with Gasteiger partial charge in [0.05, 0.1) is 30.2 Å². The van der Waals surface area contributed by atoms with E-state index in [9.17, 15) is 29.4 Å². The van der Waals surface area contributed by atoms with E-state index in [1.54, 1.807) is 20.0 Å². The summed E-state index contributed by atoms with van der Waals surface area (Å²) in [5.41, 5.74) is 6.37. The van der Waals surface area contributed by atoms with E-state index in [-0.39, 0.29) is 64.9 Å². The number of carbonyl (C=O) groups excluding carboxylic acids is 3. The van der Waals surface area contributed by atoms with Gasteiger partial charge in [0.15, 0.2) is 5.78 Å². The van der Waals surface area contributed by atoms with Crippen LogP contribution in [-0.2, 0) is 30.5 Å². The van der Waals surface area contributed by atoms with Crippen LogP contribution in [0.15, 0.2) is 35.5 Å². The van der Waals surface area contributed by atoms with E-state index in [0.717, 1.165) is 56.2 Å². The molecule has 0 aliphatic heterocycles. The van der Waals surface area contributed by atoms with Crippen LogP contribution in [0.5, 0.6) is 0 Å². The third-order valence-corrected chi connectivity index (χ3v) is 16.4. The van der Waals surface area contributed by atoms with E-state index in [1.165, 1.54) is 5.57 Å². The number of carboxylic acids is 1. The molecule has 55 heavy (non-hydrogen) atoms. The maximum atomic E-state index is 14.2. The van der Waals surface area contributed by atoms with Crippen LogP contribution >= 0.6 is 0 Å². The van der Waals surface area contributed by atoms with Crippen molar-refractivity contribution < 1.29 is 34.1 Å². The number of aliphatic hydroxyl groups is 1. The van der Waals surface area contributed by atoms with E-state index in [2.05, 4.69) is 53.5 Å². The average molecular weight is 762 g/mol. The van der Waals surface area contributed by atoms with Gasteiger partial charge in [-0.2, -0.15) is 0 Å². The summed E-state index contributed by atoms with van der Waals surface area (Å²) in [6.45, 7) is 20.0. The molecule has 0 saturated heterocycles. The SMILES string of the molecule is CC(C)C1=C2[C@H]3CC[C@@H]4[C@@]5(C)CC[C@H](OC(=O)CC(C)(C)C(=O)O)C(C)(C)[C@@H]5CC[C@@]4(C)[C@]3(C)CC[C@@]2([C@@H](O)CN(CC(N)=O)Cc2ccccn2)CC1=O. The van der Waals surface area contributed by atoms with Gasteiger partial charge in [0.1, 0.15) is 6.10 Å². The Hall–Kier alpha value is -3.11. The van der Waals surface area contributed by atoms with Crippen LogP contribution in [0.1, 0.15) is 132 Å². The molecule has 1 aromatic rings. The molecule has 5 aliphatic carbocycles. The number of carbonyl (C=O) groups is 4. The number of ether oxygens (including phenoxy) is 1. The normalized spacial score (nSPS) is 36.1. The molecule has 0 aromatic carbocycles. The summed E-state index contributed by atoms with van der Waals surface area (Å²) in [5, 5.41) is 22.1. The zero-order valence-corrected chi connectivity index (χ0v) is 34.9. The number of hydrogen-bond donors (Lipinski definition) is 3. The molecule has 10 heteroatoms. The summed E-state index contributed by atoms with van der Waals surface area (Å²) >= 11 is 0. The second-order valence-electron chi connectivity index (χ2n) is 20.5. The number of aliphatic hydroxyl groups excluding tert-OH is 1. The standard InChI is InChI=1S/C45H67N3O7/c1-27(2)37-30(49)22-45(33(50)25-48(26-35(46)51)24-28-12-10-11-21-47-28)20-19-43(8)29(38(37)45)13-14-32-42(7)17-16-34(55-36(52)23-40(3,4)39(53)54)41(5,6)31(42)15-18-44(32,43)9/h10-12,21,27,29,31-34,50H,13-20,22-26H2,1-9H3,(H2,46,51)(H,53,54)/t29-,31+,32-,33+,34+,42+,43-,44-,45+/m1/s1. The van der Waals surface area contributed by atoms with Crippen molar-refractivity contribution >= 4 is 23.6 Å². The molecular formula is C45H67N3O7. The van der Waals surface area contributed by atoms with Crippen molar-refractivity contribution in [1.29, 1.82) is 0 Å². The number of pyridine rings is 1. The number of esters is 1. The van der Waals surface area contributed by atoms with Crippen molar-refractivity contribution in [2.24, 2.45) is 61.9 Å². The lowest BCUT2D eigenvalue weighted by atomic mass is 9.33. The lowest BCUT2D eigenvalue weighted by Gasteiger charge is -2.72. The summed E-state index contributed by atoms with van der Waals surface area (Å²) in [4.78, 5) is 57.7. The second kappa shape index (κ2) is 14.4. The van der Waals surface area contributed by atoms with E-state index in [4.69, 9.17) is 10.5 Å². The summed E-state index contributed by atoms with van der Waals surface area (Å²) in [6, 6.07) is 5.66. The lowest BCUT2D eigenvalue weighted by molar-refractivity contribution is -0.235. The molecule has 4 N–H and O–H groups in total. The predicted molar refractivity (Wildman–Crippen MR) is 210 cm³/mol. The van der Waals surface area contributed by atoms with Crippen molar-refractivity contribution in [2.45, 2.75) is 145 Å². The number of primary amides is 1. The van der Waals surface area contributed by atoms with Crippen LogP contribution < -0.4 is 5.73 Å². The van der Waals surface area contributed by atoms with Gasteiger partial charge < -0.3 is 20.7 Å². The number of allylic oxidation sites excluding steroid dienone is 1. The predicted octanol–water partition coefficient (Wildman–Crippen LogP) is 7.12. The molecule has 4 saturated carbocycles. The van der Waals surface area contributed by atoms with Gasteiger partial charge in [0.2, 0.25) is 5.91 Å². The molecule has 0 spiro atoms. The summed E-state index contributed by atoms with van der Waals surface area (Å²) < 4.78 is 6.16. The van der Waals surface area contributed by atoms with E-state index >= 15 is 0 Å². The Kier molecular flexibility index (Phi) is 10.8. The highest BCUT2D eigenvalue weighted by Crippen LogP contribution is 2.77. The Bertz CT molecular complexity index is 1720. The Balaban J connectivity index is 1.29. The van der Waals surface area contributed by atoms with Crippen LogP contribution in [0.3, 0.4) is 0 Å². The number of carboxylic acid groups (broad SMARTS) is 1. The topological polar surface area (TPSA) is 160 Å². The minimum absolute atomic E-state index is 0.00881. The first-order chi connectivity index (χ1) is 25.5. The maximum Gasteiger partial charge on any atom is 0.309 e. The molecular weight excluding hydrogens is 695 g/mol. The summed E-state index contributed by atoms with van der Waals surface area (Å²) in [5.74, 6) is -0.800. The van der Waals surface area contributed by atoms with Crippen LogP contribution in [-0.4, -0.2) is 69.0 Å². The quantitative estimate of drug-likeness (QED) is 0.189. The first-order valence-corrected chi connectivity index (χ1v) is 20.8. The van der Waals surface area contributed by atoms with Crippen molar-refractivity contribution in [3.8, 4) is 0 Å². The fourth-order valence-corrected chi connectivity index (χ4v) is 13.5. The van der Waals surface area contributed by atoms with Crippen molar-refractivity contribution in [1.82, 2.24) is 9.88 Å². The van der Waals surface area contributed by atoms with E-state index < -0.39 is 34.8 Å².